The molecule has 132 valence electrons. The first-order valence-electron chi connectivity index (χ1n) is 8.81. The zero-order valence-corrected chi connectivity index (χ0v) is 14.8. The lowest BCUT2D eigenvalue weighted by Crippen LogP contribution is -2.35. The molecule has 0 heterocycles. The maximum absolute atomic E-state index is 12.3. The molecule has 0 saturated heterocycles. The highest BCUT2D eigenvalue weighted by Gasteiger charge is 2.15. The van der Waals surface area contributed by atoms with Crippen LogP contribution in [-0.4, -0.2) is 29.8 Å². The van der Waals surface area contributed by atoms with Crippen molar-refractivity contribution in [1.82, 2.24) is 10.2 Å². The van der Waals surface area contributed by atoms with E-state index in [1.807, 2.05) is 55.5 Å². The van der Waals surface area contributed by atoms with Gasteiger partial charge in [-0.05, 0) is 30.9 Å². The minimum Gasteiger partial charge on any atom is -0.356 e. The Hall–Kier alpha value is -2.62. The predicted molar refractivity (Wildman–Crippen MR) is 99.9 cm³/mol. The third-order valence-electron chi connectivity index (χ3n) is 4.07. The van der Waals surface area contributed by atoms with E-state index in [1.54, 1.807) is 4.90 Å². The van der Waals surface area contributed by atoms with Crippen LogP contribution in [0.2, 0.25) is 0 Å². The van der Waals surface area contributed by atoms with E-state index in [1.165, 1.54) is 5.56 Å². The summed E-state index contributed by atoms with van der Waals surface area (Å²) in [4.78, 5) is 26.0. The fraction of sp³-hybridized carbons (Fsp3) is 0.333. The third-order valence-corrected chi connectivity index (χ3v) is 4.07. The molecule has 2 aromatic rings. The molecule has 1 N–H and O–H groups in total. The van der Waals surface area contributed by atoms with Crippen molar-refractivity contribution in [3.8, 4) is 0 Å². The second-order valence-electron chi connectivity index (χ2n) is 6.01. The van der Waals surface area contributed by atoms with Gasteiger partial charge in [0.05, 0.1) is 0 Å². The van der Waals surface area contributed by atoms with E-state index < -0.39 is 0 Å². The van der Waals surface area contributed by atoms with Gasteiger partial charge >= 0.3 is 0 Å². The molecule has 0 aliphatic rings. The van der Waals surface area contributed by atoms with Crippen LogP contribution in [0, 0.1) is 0 Å². The highest BCUT2D eigenvalue weighted by molar-refractivity contribution is 5.96. The molecule has 4 heteroatoms. The number of carbonyl (C=O) groups excluding carboxylic acids is 2. The minimum atomic E-state index is -0.204. The second kappa shape index (κ2) is 10.3. The van der Waals surface area contributed by atoms with Crippen LogP contribution < -0.4 is 5.32 Å². The molecule has 2 rings (SSSR count). The van der Waals surface area contributed by atoms with Crippen LogP contribution in [0.4, 0.5) is 0 Å². The van der Waals surface area contributed by atoms with Gasteiger partial charge in [0.15, 0.2) is 0 Å². The van der Waals surface area contributed by atoms with E-state index in [9.17, 15) is 9.59 Å². The van der Waals surface area contributed by atoms with E-state index in [4.69, 9.17) is 0 Å². The molecule has 0 aromatic heterocycles. The Morgan fingerprint density at radius 1 is 0.920 bits per heavy atom. The van der Waals surface area contributed by atoms with E-state index in [-0.39, 0.29) is 18.2 Å². The van der Waals surface area contributed by atoms with E-state index in [0.717, 1.165) is 18.4 Å². The van der Waals surface area contributed by atoms with Crippen molar-refractivity contribution in [3.05, 3.63) is 71.8 Å². The van der Waals surface area contributed by atoms with Gasteiger partial charge in [-0.25, -0.2) is 0 Å². The summed E-state index contributed by atoms with van der Waals surface area (Å²) in [5.74, 6) is -0.337. The normalized spacial score (nSPS) is 10.3. The third kappa shape index (κ3) is 6.79. The number of carbonyl (C=O) groups is 2. The number of hydrogen-bond donors (Lipinski definition) is 1. The summed E-state index contributed by atoms with van der Waals surface area (Å²) in [6.07, 6.45) is 1.70. The fourth-order valence-corrected chi connectivity index (χ4v) is 2.66. The Kier molecular flexibility index (Phi) is 7.70. The van der Waals surface area contributed by atoms with Crippen molar-refractivity contribution >= 4 is 11.8 Å². The zero-order chi connectivity index (χ0) is 17.9. The summed E-state index contributed by atoms with van der Waals surface area (Å²) in [6.45, 7) is 3.65. The van der Waals surface area contributed by atoms with Crippen molar-refractivity contribution in [3.63, 3.8) is 0 Å². The van der Waals surface area contributed by atoms with Crippen LogP contribution >= 0.6 is 0 Å². The molecule has 4 nitrogen and oxygen atoms in total. The number of nitrogens with one attached hydrogen (secondary N) is 1. The van der Waals surface area contributed by atoms with Gasteiger partial charge in [0.1, 0.15) is 6.42 Å². The van der Waals surface area contributed by atoms with Gasteiger partial charge < -0.3 is 10.2 Å². The summed E-state index contributed by atoms with van der Waals surface area (Å²) in [7, 11) is 0. The molecule has 0 aliphatic carbocycles. The molecule has 0 fully saturated rings. The van der Waals surface area contributed by atoms with Crippen molar-refractivity contribution in [2.45, 2.75) is 32.7 Å². The maximum Gasteiger partial charge on any atom is 0.232 e. The summed E-state index contributed by atoms with van der Waals surface area (Å²) < 4.78 is 0. The summed E-state index contributed by atoms with van der Waals surface area (Å²) in [5, 5.41) is 2.84. The Morgan fingerprint density at radius 3 is 2.12 bits per heavy atom. The monoisotopic (exact) mass is 338 g/mol. The van der Waals surface area contributed by atoms with Gasteiger partial charge in [0.25, 0.3) is 0 Å². The van der Waals surface area contributed by atoms with Crippen LogP contribution in [0.15, 0.2) is 60.7 Å². The highest BCUT2D eigenvalue weighted by atomic mass is 16.2. The number of nitrogens with zero attached hydrogens (tertiary/aromatic N) is 1. The number of benzene rings is 2. The van der Waals surface area contributed by atoms with E-state index in [2.05, 4.69) is 17.4 Å². The van der Waals surface area contributed by atoms with Crippen molar-refractivity contribution in [1.29, 1.82) is 0 Å². The molecule has 2 aromatic carbocycles. The smallest absolute Gasteiger partial charge is 0.232 e. The Bertz CT molecular complexity index is 656. The van der Waals surface area contributed by atoms with Crippen molar-refractivity contribution in [2.75, 3.05) is 13.1 Å². The first kappa shape index (κ1) is 18.7. The predicted octanol–water partition coefficient (Wildman–Crippen LogP) is 3.17. The Labute approximate surface area is 149 Å². The summed E-state index contributed by atoms with van der Waals surface area (Å²) >= 11 is 0. The average molecular weight is 338 g/mol. The highest BCUT2D eigenvalue weighted by Crippen LogP contribution is 2.06. The number of hydrogen-bond acceptors (Lipinski definition) is 2. The molecule has 0 bridgehead atoms. The van der Waals surface area contributed by atoms with Crippen LogP contribution in [-0.2, 0) is 22.6 Å². The number of amides is 2. The SMILES string of the molecule is CCN(Cc1ccccc1)C(=O)CC(=O)NCCCc1ccccc1. The van der Waals surface area contributed by atoms with Gasteiger partial charge in [0, 0.05) is 19.6 Å². The summed E-state index contributed by atoms with van der Waals surface area (Å²) in [6, 6.07) is 20.0. The van der Waals surface area contributed by atoms with Crippen LogP contribution in [0.25, 0.3) is 0 Å². The summed E-state index contributed by atoms with van der Waals surface area (Å²) in [5.41, 5.74) is 2.33. The second-order valence-corrected chi connectivity index (χ2v) is 6.01. The fourth-order valence-electron chi connectivity index (χ4n) is 2.66. The van der Waals surface area contributed by atoms with Gasteiger partial charge in [-0.1, -0.05) is 60.7 Å². The molecular weight excluding hydrogens is 312 g/mol. The van der Waals surface area contributed by atoms with Gasteiger partial charge in [-0.15, -0.1) is 0 Å². The van der Waals surface area contributed by atoms with E-state index >= 15 is 0 Å². The average Bonchev–Trinajstić information content (AvgIpc) is 2.65. The number of aryl methyl sites for hydroxylation is 1. The lowest BCUT2D eigenvalue weighted by atomic mass is 10.1. The first-order chi connectivity index (χ1) is 12.2. The van der Waals surface area contributed by atoms with Gasteiger partial charge in [-0.3, -0.25) is 9.59 Å². The molecule has 2 amide bonds. The molecule has 0 spiro atoms. The van der Waals surface area contributed by atoms with Crippen molar-refractivity contribution in [2.24, 2.45) is 0 Å². The lowest BCUT2D eigenvalue weighted by molar-refractivity contribution is -0.136. The minimum absolute atomic E-state index is 0.0913. The van der Waals surface area contributed by atoms with Gasteiger partial charge in [-0.2, -0.15) is 0 Å². The lowest BCUT2D eigenvalue weighted by Gasteiger charge is -2.20. The number of rotatable bonds is 9. The molecule has 0 atom stereocenters. The molecule has 0 saturated carbocycles. The zero-order valence-electron chi connectivity index (χ0n) is 14.8. The van der Waals surface area contributed by atoms with Crippen molar-refractivity contribution < 1.29 is 9.59 Å². The molecule has 0 unspecified atom stereocenters. The Balaban J connectivity index is 1.70. The van der Waals surface area contributed by atoms with E-state index in [0.29, 0.717) is 19.6 Å². The first-order valence-corrected chi connectivity index (χ1v) is 8.81. The molecule has 0 aliphatic heterocycles. The van der Waals surface area contributed by atoms with Crippen LogP contribution in [0.3, 0.4) is 0 Å². The largest absolute Gasteiger partial charge is 0.356 e. The van der Waals surface area contributed by atoms with Gasteiger partial charge in [0.2, 0.25) is 11.8 Å². The van der Waals surface area contributed by atoms with Crippen LogP contribution in [0.1, 0.15) is 30.9 Å². The quantitative estimate of drug-likeness (QED) is 0.564. The molecule has 25 heavy (non-hydrogen) atoms. The molecule has 0 radical (unpaired) electrons. The van der Waals surface area contributed by atoms with Crippen LogP contribution in [0.5, 0.6) is 0 Å². The topological polar surface area (TPSA) is 49.4 Å². The maximum atomic E-state index is 12.3. The standard InChI is InChI=1S/C21H26N2O2/c1-2-23(17-19-12-7-4-8-13-19)21(25)16-20(24)22-15-9-14-18-10-5-3-6-11-18/h3-8,10-13H,2,9,14-17H2,1H3,(H,22,24). The Morgan fingerprint density at radius 2 is 1.52 bits per heavy atom. The molecular formula is C21H26N2O2.